The number of carbonyl (C=O) groups is 5. The molecule has 0 saturated carbocycles. The zero-order valence-electron chi connectivity index (χ0n) is 26.3. The third-order valence-electron chi connectivity index (χ3n) is 7.17. The molecule has 0 aromatic heterocycles. The summed E-state index contributed by atoms with van der Waals surface area (Å²) < 4.78 is 57.4. The van der Waals surface area contributed by atoms with Crippen LogP contribution in [0.5, 0.6) is 0 Å². The van der Waals surface area contributed by atoms with E-state index in [1.807, 2.05) is 0 Å². The Labute approximate surface area is 273 Å². The predicted molar refractivity (Wildman–Crippen MR) is 152 cm³/mol. The van der Waals surface area contributed by atoms with Gasteiger partial charge < -0.3 is 52.5 Å². The molecule has 3 fully saturated rings. The number of benzene rings is 1. The smallest absolute Gasteiger partial charge is 0.329 e. The Balaban J connectivity index is 1.77. The Bertz CT molecular complexity index is 1370. The number of azide groups is 1. The minimum Gasteiger partial charge on any atom is -0.480 e. The fraction of sp³-hybridized carbons (Fsp3) is 0.621. The van der Waals surface area contributed by atoms with Crippen molar-refractivity contribution in [2.24, 2.45) is 5.11 Å². The highest BCUT2D eigenvalue weighted by molar-refractivity contribution is 5.69. The molecule has 1 N–H and O–H groups in total. The Morgan fingerprint density at radius 1 is 0.854 bits per heavy atom. The topological polar surface area (TPSA) is 247 Å². The van der Waals surface area contributed by atoms with Gasteiger partial charge in [0, 0.05) is 38.2 Å². The minimum atomic E-state index is -1.70. The summed E-state index contributed by atoms with van der Waals surface area (Å²) in [5, 5.41) is 13.0. The van der Waals surface area contributed by atoms with Crippen LogP contribution in [0, 0.1) is 0 Å². The van der Waals surface area contributed by atoms with Gasteiger partial charge in [0.25, 0.3) is 0 Å². The zero-order valence-corrected chi connectivity index (χ0v) is 26.3. The quantitative estimate of drug-likeness (QED) is 0.107. The first kappa shape index (κ1) is 36.5. The number of hydrogen-bond acceptors (Lipinski definition) is 16. The van der Waals surface area contributed by atoms with E-state index in [1.165, 1.54) is 0 Å². The molecule has 19 nitrogen and oxygen atoms in total. The third-order valence-corrected chi connectivity index (χ3v) is 7.17. The molecule has 3 saturated heterocycles. The highest BCUT2D eigenvalue weighted by Crippen LogP contribution is 2.39. The molecule has 3 heterocycles. The van der Waals surface area contributed by atoms with Crippen LogP contribution < -0.4 is 0 Å². The molecule has 0 spiro atoms. The normalized spacial score (nSPS) is 32.8. The molecule has 3 aliphatic heterocycles. The van der Waals surface area contributed by atoms with Crippen molar-refractivity contribution in [1.82, 2.24) is 0 Å². The van der Waals surface area contributed by atoms with Crippen molar-refractivity contribution in [3.8, 4) is 0 Å². The van der Waals surface area contributed by atoms with Crippen molar-refractivity contribution in [3.05, 3.63) is 46.3 Å². The van der Waals surface area contributed by atoms with E-state index in [2.05, 4.69) is 10.0 Å². The lowest BCUT2D eigenvalue weighted by Gasteiger charge is -2.50. The molecule has 1 aromatic carbocycles. The lowest BCUT2D eigenvalue weighted by atomic mass is 9.94. The van der Waals surface area contributed by atoms with Gasteiger partial charge in [0.1, 0.15) is 43.7 Å². The number of carboxylic acid groups (broad SMARTS) is 1. The van der Waals surface area contributed by atoms with Gasteiger partial charge >= 0.3 is 29.8 Å². The molecule has 0 bridgehead atoms. The van der Waals surface area contributed by atoms with E-state index in [4.69, 9.17) is 47.4 Å². The summed E-state index contributed by atoms with van der Waals surface area (Å²) in [6, 6.07) is 7.35. The average Bonchev–Trinajstić information content (AvgIpc) is 3.02. The van der Waals surface area contributed by atoms with Crippen LogP contribution in [0.2, 0.25) is 0 Å². The van der Waals surface area contributed by atoms with Gasteiger partial charge in [0.05, 0.1) is 6.61 Å². The second-order valence-electron chi connectivity index (χ2n) is 10.8. The molecular weight excluding hydrogens is 646 g/mol. The Kier molecular flexibility index (Phi) is 12.7. The van der Waals surface area contributed by atoms with Gasteiger partial charge in [0.2, 0.25) is 0 Å². The van der Waals surface area contributed by atoms with Gasteiger partial charge in [-0.15, -0.1) is 0 Å². The predicted octanol–water partition coefficient (Wildman–Crippen LogP) is 1.07. The van der Waals surface area contributed by atoms with Crippen LogP contribution in [0.1, 0.15) is 39.5 Å². The van der Waals surface area contributed by atoms with E-state index in [0.29, 0.717) is 5.56 Å². The number of rotatable bonds is 12. The number of fused-ring (bicyclic) bond motifs is 1. The maximum Gasteiger partial charge on any atom is 0.329 e. The summed E-state index contributed by atoms with van der Waals surface area (Å²) in [4.78, 5) is 62.7. The molecule has 0 radical (unpaired) electrons. The van der Waals surface area contributed by atoms with E-state index >= 15 is 0 Å². The molecule has 0 unspecified atom stereocenters. The van der Waals surface area contributed by atoms with E-state index in [1.54, 1.807) is 30.3 Å². The van der Waals surface area contributed by atoms with Gasteiger partial charge in [-0.3, -0.25) is 19.2 Å². The maximum absolute atomic E-state index is 12.3. The van der Waals surface area contributed by atoms with Crippen LogP contribution >= 0.6 is 0 Å². The van der Waals surface area contributed by atoms with E-state index in [0.717, 1.165) is 27.7 Å². The number of carbonyl (C=O) groups excluding carboxylic acids is 4. The lowest BCUT2D eigenvalue weighted by molar-refractivity contribution is -0.376. The maximum atomic E-state index is 12.3. The summed E-state index contributed by atoms with van der Waals surface area (Å²) in [6.07, 6.45) is -13.6. The molecule has 0 aliphatic carbocycles. The molecule has 3 aliphatic rings. The average molecular weight is 682 g/mol. The summed E-state index contributed by atoms with van der Waals surface area (Å²) in [5.74, 6) is -4.63. The fourth-order valence-electron chi connectivity index (χ4n) is 5.42. The van der Waals surface area contributed by atoms with E-state index in [9.17, 15) is 34.6 Å². The van der Waals surface area contributed by atoms with Gasteiger partial charge in [-0.1, -0.05) is 35.4 Å². The Hall–Kier alpha value is -4.36. The number of nitrogens with zero attached hydrogens (tertiary/aromatic N) is 3. The third kappa shape index (κ3) is 9.38. The van der Waals surface area contributed by atoms with Crippen molar-refractivity contribution in [1.29, 1.82) is 0 Å². The first-order valence-corrected chi connectivity index (χ1v) is 14.7. The van der Waals surface area contributed by atoms with E-state index in [-0.39, 0.29) is 6.61 Å². The fourth-order valence-corrected chi connectivity index (χ4v) is 5.42. The van der Waals surface area contributed by atoms with Crippen molar-refractivity contribution in [2.75, 3.05) is 19.8 Å². The largest absolute Gasteiger partial charge is 0.480 e. The van der Waals surface area contributed by atoms with Crippen molar-refractivity contribution in [3.63, 3.8) is 0 Å². The second-order valence-corrected chi connectivity index (χ2v) is 10.8. The van der Waals surface area contributed by atoms with Crippen LogP contribution in [0.15, 0.2) is 35.4 Å². The Morgan fingerprint density at radius 2 is 1.50 bits per heavy atom. The molecule has 4 rings (SSSR count). The summed E-state index contributed by atoms with van der Waals surface area (Å²) in [7, 11) is 0. The molecule has 262 valence electrons. The molecule has 1 aromatic rings. The van der Waals surface area contributed by atoms with Crippen LogP contribution in [0.3, 0.4) is 0 Å². The molecule has 0 amide bonds. The van der Waals surface area contributed by atoms with Crippen molar-refractivity contribution >= 4 is 29.8 Å². The SMILES string of the molecule is CC(=O)OC[C@H]1O[C@@H](O[C@@H]2[C@@H](N=[N+]=[N-])[C@@H](OCC(=O)O)O[C@@H]3CO[C@H](c4ccccc4)O[C@H]23)[C@H](OC(C)=O)[C@@H](OC(C)=O)[C@H]1OC(C)=O. The standard InChI is InChI=1S/C29H35N3O16/c1-13(33)39-10-18-23(42-14(2)34)25(43-15(3)35)26(44-16(4)36)29(46-18)48-24-21(31-32-30)28(41-12-20(37)38)45-19-11-40-27(47-22(19)24)17-8-6-5-7-9-17/h5-9,18-19,21-29H,10-12H2,1-4H3,(H,37,38)/t18-,19-,21-,22+,23+,24-,25+,26-,27+,28+,29+/m1/s1. The zero-order chi connectivity index (χ0) is 35.0. The highest BCUT2D eigenvalue weighted by atomic mass is 16.8. The van der Waals surface area contributed by atoms with Gasteiger partial charge in [-0.05, 0) is 5.53 Å². The summed E-state index contributed by atoms with van der Waals surface area (Å²) in [6.45, 7) is 2.83. The molecule has 48 heavy (non-hydrogen) atoms. The minimum absolute atomic E-state index is 0.113. The van der Waals surface area contributed by atoms with Gasteiger partial charge in [-0.25, -0.2) is 4.79 Å². The van der Waals surface area contributed by atoms with Crippen molar-refractivity contribution in [2.45, 2.75) is 95.3 Å². The molecular formula is C29H35N3O16. The van der Waals surface area contributed by atoms with Crippen LogP contribution in [0.25, 0.3) is 10.4 Å². The number of ether oxygens (including phenoxy) is 10. The number of esters is 4. The Morgan fingerprint density at radius 3 is 2.10 bits per heavy atom. The summed E-state index contributed by atoms with van der Waals surface area (Å²) >= 11 is 0. The van der Waals surface area contributed by atoms with Crippen molar-refractivity contribution < 1.29 is 76.4 Å². The monoisotopic (exact) mass is 681 g/mol. The molecule has 19 heteroatoms. The van der Waals surface area contributed by atoms with Gasteiger partial charge in [0.15, 0.2) is 37.2 Å². The van der Waals surface area contributed by atoms with Gasteiger partial charge in [-0.2, -0.15) is 0 Å². The second kappa shape index (κ2) is 16.6. The van der Waals surface area contributed by atoms with E-state index < -0.39 is 111 Å². The first-order chi connectivity index (χ1) is 22.9. The van der Waals surface area contributed by atoms with Crippen LogP contribution in [-0.2, 0) is 71.3 Å². The number of hydrogen-bond donors (Lipinski definition) is 1. The summed E-state index contributed by atoms with van der Waals surface area (Å²) in [5.41, 5.74) is 10.1. The number of aliphatic carboxylic acids is 1. The number of carboxylic acids is 1. The lowest BCUT2D eigenvalue weighted by Crippen LogP contribution is -2.67. The van der Waals surface area contributed by atoms with Crippen LogP contribution in [-0.4, -0.2) is 116 Å². The molecule has 11 atom stereocenters. The highest BCUT2D eigenvalue weighted by Gasteiger charge is 2.57. The van der Waals surface area contributed by atoms with Crippen LogP contribution in [0.4, 0.5) is 0 Å². The first-order valence-electron chi connectivity index (χ1n) is 14.7.